The van der Waals surface area contributed by atoms with Crippen molar-refractivity contribution in [3.05, 3.63) is 64.7 Å². The molecule has 0 spiro atoms. The minimum absolute atomic E-state index is 0.0418. The van der Waals surface area contributed by atoms with Crippen LogP contribution >= 0.6 is 0 Å². The second-order valence-corrected chi connectivity index (χ2v) is 6.52. The largest absolute Gasteiger partial charge is 0.325 e. The molecule has 3 rings (SSSR count). The van der Waals surface area contributed by atoms with Gasteiger partial charge in [-0.05, 0) is 68.1 Å². The normalized spacial score (nSPS) is 16.4. The number of aryl methyl sites for hydroxylation is 3. The van der Waals surface area contributed by atoms with E-state index < -0.39 is 0 Å². The summed E-state index contributed by atoms with van der Waals surface area (Å²) in [6.45, 7) is 4.55. The third-order valence-corrected chi connectivity index (χ3v) is 4.82. The van der Waals surface area contributed by atoms with Crippen molar-refractivity contribution in [1.82, 2.24) is 4.90 Å². The molecule has 1 aliphatic carbocycles. The van der Waals surface area contributed by atoms with E-state index in [4.69, 9.17) is 0 Å². The van der Waals surface area contributed by atoms with Crippen molar-refractivity contribution in [2.45, 2.75) is 32.7 Å². The zero-order valence-electron chi connectivity index (χ0n) is 14.1. The predicted molar refractivity (Wildman–Crippen MR) is 94.7 cm³/mol. The van der Waals surface area contributed by atoms with Crippen LogP contribution in [0.1, 0.15) is 34.7 Å². The van der Waals surface area contributed by atoms with Gasteiger partial charge in [0, 0.05) is 11.7 Å². The average molecular weight is 308 g/mol. The first-order valence-corrected chi connectivity index (χ1v) is 8.20. The smallest absolute Gasteiger partial charge is 0.238 e. The van der Waals surface area contributed by atoms with Gasteiger partial charge in [-0.25, -0.2) is 0 Å². The molecule has 0 saturated carbocycles. The number of rotatable bonds is 4. The van der Waals surface area contributed by atoms with Crippen LogP contribution < -0.4 is 5.32 Å². The Kier molecular flexibility index (Phi) is 4.49. The molecule has 0 radical (unpaired) electrons. The molecular formula is C20H24N2O. The van der Waals surface area contributed by atoms with Crippen LogP contribution in [0.3, 0.4) is 0 Å². The summed E-state index contributed by atoms with van der Waals surface area (Å²) in [6.07, 6.45) is 2.19. The van der Waals surface area contributed by atoms with Gasteiger partial charge in [0.05, 0.1) is 6.54 Å². The van der Waals surface area contributed by atoms with Crippen LogP contribution in [0.2, 0.25) is 0 Å². The number of benzene rings is 2. The van der Waals surface area contributed by atoms with E-state index in [9.17, 15) is 4.79 Å². The van der Waals surface area contributed by atoms with Crippen molar-refractivity contribution < 1.29 is 4.79 Å². The Morgan fingerprint density at radius 2 is 1.96 bits per heavy atom. The van der Waals surface area contributed by atoms with Gasteiger partial charge in [0.25, 0.3) is 0 Å². The molecule has 2 aromatic rings. The molecule has 1 atom stereocenters. The van der Waals surface area contributed by atoms with Gasteiger partial charge in [-0.2, -0.15) is 0 Å². The quantitative estimate of drug-likeness (QED) is 0.930. The number of amides is 1. The van der Waals surface area contributed by atoms with E-state index in [2.05, 4.69) is 48.3 Å². The lowest BCUT2D eigenvalue weighted by Crippen LogP contribution is -2.32. The van der Waals surface area contributed by atoms with Crippen molar-refractivity contribution in [3.63, 3.8) is 0 Å². The highest BCUT2D eigenvalue weighted by Crippen LogP contribution is 2.34. The monoisotopic (exact) mass is 308 g/mol. The molecule has 0 bridgehead atoms. The Labute approximate surface area is 138 Å². The topological polar surface area (TPSA) is 32.3 Å². The summed E-state index contributed by atoms with van der Waals surface area (Å²) in [6, 6.07) is 14.9. The SMILES string of the molecule is Cc1ccc(NC(=O)CN(C)C2CCc3ccccc32)cc1C. The highest BCUT2D eigenvalue weighted by atomic mass is 16.2. The lowest BCUT2D eigenvalue weighted by atomic mass is 10.1. The van der Waals surface area contributed by atoms with Gasteiger partial charge in [0.1, 0.15) is 0 Å². The van der Waals surface area contributed by atoms with Gasteiger partial charge in [0.15, 0.2) is 0 Å². The summed E-state index contributed by atoms with van der Waals surface area (Å²) >= 11 is 0. The second kappa shape index (κ2) is 6.55. The fraction of sp³-hybridized carbons (Fsp3) is 0.350. The van der Waals surface area contributed by atoms with Crippen LogP contribution in [0.15, 0.2) is 42.5 Å². The molecule has 120 valence electrons. The molecular weight excluding hydrogens is 284 g/mol. The van der Waals surface area contributed by atoms with Gasteiger partial charge < -0.3 is 5.32 Å². The molecule has 1 unspecified atom stereocenters. The Hall–Kier alpha value is -2.13. The number of likely N-dealkylation sites (N-methyl/N-ethyl adjacent to an activating group) is 1. The first kappa shape index (κ1) is 15.8. The number of carbonyl (C=O) groups excluding carboxylic acids is 1. The van der Waals surface area contributed by atoms with Crippen LogP contribution in [0.4, 0.5) is 5.69 Å². The van der Waals surface area contributed by atoms with Crippen LogP contribution in [-0.2, 0) is 11.2 Å². The van der Waals surface area contributed by atoms with Gasteiger partial charge in [-0.1, -0.05) is 30.3 Å². The van der Waals surface area contributed by atoms with Crippen molar-refractivity contribution in [3.8, 4) is 0 Å². The second-order valence-electron chi connectivity index (χ2n) is 6.52. The Morgan fingerprint density at radius 1 is 1.17 bits per heavy atom. The van der Waals surface area contributed by atoms with Crippen LogP contribution in [0, 0.1) is 13.8 Å². The van der Waals surface area contributed by atoms with E-state index in [1.807, 2.05) is 25.2 Å². The molecule has 1 aliphatic rings. The van der Waals surface area contributed by atoms with Gasteiger partial charge in [0.2, 0.25) is 5.91 Å². The van der Waals surface area contributed by atoms with E-state index >= 15 is 0 Å². The standard InChI is InChI=1S/C20H24N2O/c1-14-8-10-17(12-15(14)2)21-20(23)13-22(3)19-11-9-16-6-4-5-7-18(16)19/h4-8,10,12,19H,9,11,13H2,1-3H3,(H,21,23). The highest BCUT2D eigenvalue weighted by Gasteiger charge is 2.26. The van der Waals surface area contributed by atoms with Crippen LogP contribution in [0.25, 0.3) is 0 Å². The van der Waals surface area contributed by atoms with Crippen LogP contribution in [-0.4, -0.2) is 24.4 Å². The number of fused-ring (bicyclic) bond motifs is 1. The van der Waals surface area contributed by atoms with E-state index in [0.29, 0.717) is 12.6 Å². The highest BCUT2D eigenvalue weighted by molar-refractivity contribution is 5.92. The molecule has 2 aromatic carbocycles. The van der Waals surface area contributed by atoms with Crippen LogP contribution in [0.5, 0.6) is 0 Å². The summed E-state index contributed by atoms with van der Waals surface area (Å²) < 4.78 is 0. The Bertz CT molecular complexity index is 723. The molecule has 0 aliphatic heterocycles. The van der Waals surface area contributed by atoms with Crippen molar-refractivity contribution in [2.24, 2.45) is 0 Å². The summed E-state index contributed by atoms with van der Waals surface area (Å²) in [5.41, 5.74) is 6.09. The fourth-order valence-electron chi connectivity index (χ4n) is 3.35. The van der Waals surface area contributed by atoms with E-state index in [-0.39, 0.29) is 5.91 Å². The number of hydrogen-bond donors (Lipinski definition) is 1. The minimum Gasteiger partial charge on any atom is -0.325 e. The lowest BCUT2D eigenvalue weighted by molar-refractivity contribution is -0.117. The summed E-state index contributed by atoms with van der Waals surface area (Å²) in [4.78, 5) is 14.5. The number of hydrogen-bond acceptors (Lipinski definition) is 2. The third-order valence-electron chi connectivity index (χ3n) is 4.82. The molecule has 1 N–H and O–H groups in total. The first-order valence-electron chi connectivity index (χ1n) is 8.20. The number of anilines is 1. The molecule has 23 heavy (non-hydrogen) atoms. The molecule has 0 fully saturated rings. The van der Waals surface area contributed by atoms with Gasteiger partial charge in [-0.3, -0.25) is 9.69 Å². The maximum absolute atomic E-state index is 12.3. The van der Waals surface area contributed by atoms with E-state index in [1.165, 1.54) is 22.3 Å². The van der Waals surface area contributed by atoms with Gasteiger partial charge >= 0.3 is 0 Å². The number of nitrogens with zero attached hydrogens (tertiary/aromatic N) is 1. The molecule has 0 aromatic heterocycles. The summed E-state index contributed by atoms with van der Waals surface area (Å²) in [7, 11) is 2.03. The van der Waals surface area contributed by atoms with Crippen molar-refractivity contribution in [1.29, 1.82) is 0 Å². The first-order chi connectivity index (χ1) is 11.0. The zero-order valence-corrected chi connectivity index (χ0v) is 14.1. The summed E-state index contributed by atoms with van der Waals surface area (Å²) in [5, 5.41) is 3.01. The zero-order chi connectivity index (χ0) is 16.4. The molecule has 3 heteroatoms. The maximum atomic E-state index is 12.3. The van der Waals surface area contributed by atoms with Gasteiger partial charge in [-0.15, -0.1) is 0 Å². The number of nitrogens with one attached hydrogen (secondary N) is 1. The van der Waals surface area contributed by atoms with Crippen molar-refractivity contribution in [2.75, 3.05) is 18.9 Å². The summed E-state index contributed by atoms with van der Waals surface area (Å²) in [5.74, 6) is 0.0418. The molecule has 0 heterocycles. The third kappa shape index (κ3) is 3.45. The lowest BCUT2D eigenvalue weighted by Gasteiger charge is -2.24. The van der Waals surface area contributed by atoms with E-state index in [0.717, 1.165) is 18.5 Å². The molecule has 0 saturated heterocycles. The van der Waals surface area contributed by atoms with Crippen molar-refractivity contribution >= 4 is 11.6 Å². The Balaban J connectivity index is 1.63. The molecule has 1 amide bonds. The average Bonchev–Trinajstić information content (AvgIpc) is 2.95. The minimum atomic E-state index is 0.0418. The predicted octanol–water partition coefficient (Wildman–Crippen LogP) is 3.86. The fourth-order valence-corrected chi connectivity index (χ4v) is 3.35. The Morgan fingerprint density at radius 3 is 2.74 bits per heavy atom. The maximum Gasteiger partial charge on any atom is 0.238 e. The molecule has 3 nitrogen and oxygen atoms in total. The number of carbonyl (C=O) groups is 1. The van der Waals surface area contributed by atoms with E-state index in [1.54, 1.807) is 0 Å².